The van der Waals surface area contributed by atoms with Gasteiger partial charge >= 0.3 is 12.0 Å². The Morgan fingerprint density at radius 1 is 1.47 bits per heavy atom. The molecule has 6 heteroatoms. The van der Waals surface area contributed by atoms with Crippen molar-refractivity contribution in [3.63, 3.8) is 0 Å². The molecule has 5 nitrogen and oxygen atoms in total. The number of amides is 2. The summed E-state index contributed by atoms with van der Waals surface area (Å²) >= 11 is 1.51. The summed E-state index contributed by atoms with van der Waals surface area (Å²) in [5.74, 6) is -0.436. The smallest absolute Gasteiger partial charge is 0.327 e. The molecule has 2 atom stereocenters. The maximum Gasteiger partial charge on any atom is 0.327 e. The number of thioether (sulfide) groups is 1. The third-order valence-electron chi connectivity index (χ3n) is 2.87. The molecule has 1 rings (SSSR count). The Hall–Kier alpha value is -0.910. The summed E-state index contributed by atoms with van der Waals surface area (Å²) < 4.78 is 0. The van der Waals surface area contributed by atoms with E-state index in [9.17, 15) is 9.59 Å². The van der Waals surface area contributed by atoms with E-state index >= 15 is 0 Å². The molecule has 1 fully saturated rings. The van der Waals surface area contributed by atoms with E-state index in [0.717, 1.165) is 6.42 Å². The number of carbonyl (C=O) groups is 2. The van der Waals surface area contributed by atoms with Crippen molar-refractivity contribution in [2.45, 2.75) is 38.6 Å². The highest BCUT2D eigenvalue weighted by Gasteiger charge is 2.40. The molecule has 17 heavy (non-hydrogen) atoms. The number of nitrogens with zero attached hydrogens (tertiary/aromatic N) is 2. The summed E-state index contributed by atoms with van der Waals surface area (Å²) in [6.45, 7) is 7.09. The van der Waals surface area contributed by atoms with Crippen LogP contribution in [-0.2, 0) is 4.79 Å². The van der Waals surface area contributed by atoms with Crippen molar-refractivity contribution in [1.29, 1.82) is 0 Å². The van der Waals surface area contributed by atoms with Crippen LogP contribution in [0.15, 0.2) is 0 Å². The Kier molecular flexibility index (Phi) is 5.11. The predicted molar refractivity (Wildman–Crippen MR) is 68.1 cm³/mol. The summed E-state index contributed by atoms with van der Waals surface area (Å²) in [5.41, 5.74) is 0. The highest BCUT2D eigenvalue weighted by Crippen LogP contribution is 2.29. The van der Waals surface area contributed by atoms with Crippen molar-refractivity contribution in [2.24, 2.45) is 0 Å². The summed E-state index contributed by atoms with van der Waals surface area (Å²) in [4.78, 5) is 26.6. The van der Waals surface area contributed by atoms with Crippen LogP contribution >= 0.6 is 11.8 Å². The first-order chi connectivity index (χ1) is 8.02. The number of hydrogen-bond acceptors (Lipinski definition) is 3. The Bertz CT molecular complexity index is 298. The number of carbonyl (C=O) groups excluding carboxylic acids is 1. The third kappa shape index (κ3) is 3.06. The van der Waals surface area contributed by atoms with Crippen LogP contribution in [0.3, 0.4) is 0 Å². The maximum atomic E-state index is 12.3. The van der Waals surface area contributed by atoms with Crippen LogP contribution in [0, 0.1) is 0 Å². The van der Waals surface area contributed by atoms with Crippen LogP contribution in [0.1, 0.15) is 27.2 Å². The maximum absolute atomic E-state index is 12.3. The van der Waals surface area contributed by atoms with Gasteiger partial charge in [-0.15, -0.1) is 11.8 Å². The van der Waals surface area contributed by atoms with Gasteiger partial charge in [-0.3, -0.25) is 4.90 Å². The molecular weight excluding hydrogens is 240 g/mol. The lowest BCUT2D eigenvalue weighted by Gasteiger charge is -2.31. The molecule has 0 aromatic carbocycles. The molecule has 2 amide bonds. The highest BCUT2D eigenvalue weighted by molar-refractivity contribution is 8.00. The number of aliphatic carboxylic acids is 1. The number of carboxylic acids is 1. The summed E-state index contributed by atoms with van der Waals surface area (Å²) in [6, 6.07) is -0.840. The van der Waals surface area contributed by atoms with E-state index in [4.69, 9.17) is 5.11 Å². The largest absolute Gasteiger partial charge is 0.480 e. The first-order valence-corrected chi connectivity index (χ1v) is 6.99. The molecule has 1 saturated heterocycles. The monoisotopic (exact) mass is 260 g/mol. The van der Waals surface area contributed by atoms with Crippen LogP contribution in [-0.4, -0.2) is 57.2 Å². The van der Waals surface area contributed by atoms with Crippen molar-refractivity contribution in [2.75, 3.05) is 18.8 Å². The van der Waals surface area contributed by atoms with Crippen molar-refractivity contribution >= 4 is 23.8 Å². The van der Waals surface area contributed by atoms with Crippen molar-refractivity contribution < 1.29 is 14.7 Å². The Labute approximate surface area is 106 Å². The zero-order valence-corrected chi connectivity index (χ0v) is 11.4. The molecular formula is C11H20N2O3S. The minimum Gasteiger partial charge on any atom is -0.480 e. The SMILES string of the molecule is CCCN(CC)C(=O)N1C(C)SCC1C(=O)O. The van der Waals surface area contributed by atoms with Crippen LogP contribution in [0.4, 0.5) is 4.79 Å². The average Bonchev–Trinajstić information content (AvgIpc) is 2.67. The fourth-order valence-electron chi connectivity index (χ4n) is 1.95. The van der Waals surface area contributed by atoms with Gasteiger partial charge in [0.2, 0.25) is 0 Å². The summed E-state index contributed by atoms with van der Waals surface area (Å²) in [5, 5.41) is 9.05. The minimum atomic E-state index is -0.914. The molecule has 0 aliphatic carbocycles. The molecule has 0 radical (unpaired) electrons. The lowest BCUT2D eigenvalue weighted by molar-refractivity contribution is -0.141. The van der Waals surface area contributed by atoms with Gasteiger partial charge in [-0.05, 0) is 20.3 Å². The van der Waals surface area contributed by atoms with Gasteiger partial charge in [-0.25, -0.2) is 9.59 Å². The quantitative estimate of drug-likeness (QED) is 0.835. The first kappa shape index (κ1) is 14.2. The van der Waals surface area contributed by atoms with E-state index < -0.39 is 12.0 Å². The van der Waals surface area contributed by atoms with Crippen LogP contribution in [0.25, 0.3) is 0 Å². The minimum absolute atomic E-state index is 0.0606. The number of hydrogen-bond donors (Lipinski definition) is 1. The Morgan fingerprint density at radius 3 is 2.59 bits per heavy atom. The second-order valence-corrected chi connectivity index (χ2v) is 5.41. The van der Waals surface area contributed by atoms with E-state index in [2.05, 4.69) is 0 Å². The molecule has 1 N–H and O–H groups in total. The fourth-order valence-corrected chi connectivity index (χ4v) is 3.11. The van der Waals surface area contributed by atoms with Gasteiger partial charge in [0.25, 0.3) is 0 Å². The van der Waals surface area contributed by atoms with Gasteiger partial charge in [-0.2, -0.15) is 0 Å². The standard InChI is InChI=1S/C11H20N2O3S/c1-4-6-12(5-2)11(16)13-8(3)17-7-9(13)10(14)15/h8-9H,4-7H2,1-3H3,(H,14,15). The second-order valence-electron chi connectivity index (χ2n) is 4.06. The van der Waals surface area contributed by atoms with Crippen LogP contribution in [0.2, 0.25) is 0 Å². The van der Waals surface area contributed by atoms with E-state index in [1.807, 2.05) is 20.8 Å². The average molecular weight is 260 g/mol. The second kappa shape index (κ2) is 6.14. The van der Waals surface area contributed by atoms with Gasteiger partial charge in [0.05, 0.1) is 5.37 Å². The lowest BCUT2D eigenvalue weighted by atomic mass is 10.3. The van der Waals surface area contributed by atoms with Crippen LogP contribution < -0.4 is 0 Å². The zero-order chi connectivity index (χ0) is 13.0. The molecule has 1 aliphatic heterocycles. The summed E-state index contributed by atoms with van der Waals surface area (Å²) in [7, 11) is 0. The highest BCUT2D eigenvalue weighted by atomic mass is 32.2. The molecule has 1 aliphatic rings. The molecule has 0 bridgehead atoms. The van der Waals surface area contributed by atoms with Crippen molar-refractivity contribution in [3.8, 4) is 0 Å². The first-order valence-electron chi connectivity index (χ1n) is 5.94. The molecule has 0 aromatic heterocycles. The van der Waals surface area contributed by atoms with Crippen molar-refractivity contribution in [3.05, 3.63) is 0 Å². The van der Waals surface area contributed by atoms with Gasteiger partial charge < -0.3 is 10.0 Å². The molecule has 2 unspecified atom stereocenters. The summed E-state index contributed by atoms with van der Waals surface area (Å²) in [6.07, 6.45) is 0.882. The molecule has 1 heterocycles. The van der Waals surface area contributed by atoms with Gasteiger partial charge in [0.1, 0.15) is 6.04 Å². The number of rotatable bonds is 4. The van der Waals surface area contributed by atoms with Gasteiger partial charge in [0.15, 0.2) is 0 Å². The Balaban J connectivity index is 2.80. The van der Waals surface area contributed by atoms with Crippen LogP contribution in [0.5, 0.6) is 0 Å². The van der Waals surface area contributed by atoms with E-state index in [0.29, 0.717) is 18.8 Å². The molecule has 98 valence electrons. The van der Waals surface area contributed by atoms with Gasteiger partial charge in [0, 0.05) is 18.8 Å². The Morgan fingerprint density at radius 2 is 2.12 bits per heavy atom. The predicted octanol–water partition coefficient (Wildman–Crippen LogP) is 1.69. The zero-order valence-electron chi connectivity index (χ0n) is 10.5. The fraction of sp³-hybridized carbons (Fsp3) is 0.818. The van der Waals surface area contributed by atoms with Crippen molar-refractivity contribution in [1.82, 2.24) is 9.80 Å². The molecule has 0 aromatic rings. The lowest BCUT2D eigenvalue weighted by Crippen LogP contribution is -2.51. The third-order valence-corrected chi connectivity index (χ3v) is 4.09. The normalized spacial score (nSPS) is 23.8. The van der Waals surface area contributed by atoms with Gasteiger partial charge in [-0.1, -0.05) is 6.92 Å². The number of urea groups is 1. The molecule has 0 spiro atoms. The molecule has 0 saturated carbocycles. The topological polar surface area (TPSA) is 60.9 Å². The number of carboxylic acid groups (broad SMARTS) is 1. The van der Waals surface area contributed by atoms with E-state index in [1.54, 1.807) is 4.90 Å². The van der Waals surface area contributed by atoms with E-state index in [-0.39, 0.29) is 11.4 Å². The van der Waals surface area contributed by atoms with E-state index in [1.165, 1.54) is 16.7 Å².